The van der Waals surface area contributed by atoms with E-state index in [1.165, 1.54) is 4.90 Å². The van der Waals surface area contributed by atoms with Gasteiger partial charge in [-0.15, -0.1) is 0 Å². The second kappa shape index (κ2) is 8.09. The number of fused-ring (bicyclic) bond motifs is 1. The Kier molecular flexibility index (Phi) is 5.48. The number of rotatable bonds is 3. The van der Waals surface area contributed by atoms with E-state index in [2.05, 4.69) is 64.1 Å². The molecule has 0 bridgehead atoms. The van der Waals surface area contributed by atoms with Crippen LogP contribution < -0.4 is 0 Å². The van der Waals surface area contributed by atoms with Gasteiger partial charge < -0.3 is 0 Å². The van der Waals surface area contributed by atoms with Gasteiger partial charge in [-0.2, -0.15) is 0 Å². The van der Waals surface area contributed by atoms with E-state index in [9.17, 15) is 9.59 Å². The molecule has 2 atom stereocenters. The summed E-state index contributed by atoms with van der Waals surface area (Å²) in [6, 6.07) is 18.7. The molecule has 0 amide bonds. The normalized spacial score (nSPS) is 25.9. The lowest BCUT2D eigenvalue weighted by Gasteiger charge is -2.44. The highest BCUT2D eigenvalue weighted by atomic mass is 32.2. The van der Waals surface area contributed by atoms with E-state index in [0.29, 0.717) is 12.8 Å². The van der Waals surface area contributed by atoms with E-state index in [4.69, 9.17) is 4.99 Å². The maximum Gasteiger partial charge on any atom is 0.161 e. The summed E-state index contributed by atoms with van der Waals surface area (Å²) in [7, 11) is 0. The smallest absolute Gasteiger partial charge is 0.161 e. The number of allylic oxidation sites excluding steroid dienone is 2. The first-order valence-electron chi connectivity index (χ1n) is 11.8. The Morgan fingerprint density at radius 2 is 1.48 bits per heavy atom. The SMILES string of the molecule is CC1(C)CC(=O)C2C(=NC3=C(C(=O)CC(C)(C)C3)C2c2cccc(Sc3ccccc3)c2)C1. The van der Waals surface area contributed by atoms with Crippen molar-refractivity contribution in [3.63, 3.8) is 0 Å². The molecule has 2 aliphatic carbocycles. The number of Topliss-reactive ketones (excluding diaryl/α,β-unsaturated/α-hetero) is 2. The summed E-state index contributed by atoms with van der Waals surface area (Å²) >= 11 is 1.71. The number of aliphatic imine (C=N–C) groups is 1. The van der Waals surface area contributed by atoms with E-state index >= 15 is 0 Å². The fourth-order valence-electron chi connectivity index (χ4n) is 5.77. The van der Waals surface area contributed by atoms with E-state index in [-0.39, 0.29) is 34.2 Å². The minimum absolute atomic E-state index is 0.0891. The molecule has 33 heavy (non-hydrogen) atoms. The van der Waals surface area contributed by atoms with Crippen molar-refractivity contribution >= 4 is 29.0 Å². The first kappa shape index (κ1) is 22.3. The fraction of sp³-hybridized carbons (Fsp3) is 0.414. The van der Waals surface area contributed by atoms with Gasteiger partial charge in [-0.05, 0) is 53.5 Å². The van der Waals surface area contributed by atoms with Crippen molar-refractivity contribution in [3.05, 3.63) is 71.4 Å². The largest absolute Gasteiger partial charge is 0.299 e. The van der Waals surface area contributed by atoms with Gasteiger partial charge in [-0.3, -0.25) is 14.6 Å². The summed E-state index contributed by atoms with van der Waals surface area (Å²) in [5.41, 5.74) is 3.55. The number of hydrogen-bond donors (Lipinski definition) is 0. The van der Waals surface area contributed by atoms with Gasteiger partial charge in [0.1, 0.15) is 5.78 Å². The lowest BCUT2D eigenvalue weighted by molar-refractivity contribution is -0.124. The molecule has 1 heterocycles. The van der Waals surface area contributed by atoms with Crippen molar-refractivity contribution in [2.24, 2.45) is 21.7 Å². The van der Waals surface area contributed by atoms with Crippen LogP contribution in [0, 0.1) is 16.7 Å². The summed E-state index contributed by atoms with van der Waals surface area (Å²) in [6.07, 6.45) is 2.64. The summed E-state index contributed by atoms with van der Waals surface area (Å²) in [6.45, 7) is 8.58. The van der Waals surface area contributed by atoms with Gasteiger partial charge in [0.05, 0.1) is 5.92 Å². The number of carbonyl (C=O) groups excluding carboxylic acids is 2. The zero-order chi connectivity index (χ0) is 23.4. The maximum absolute atomic E-state index is 13.5. The molecule has 3 aliphatic rings. The first-order chi connectivity index (χ1) is 15.6. The van der Waals surface area contributed by atoms with Crippen LogP contribution in [-0.4, -0.2) is 17.3 Å². The number of ketones is 2. The molecule has 0 N–H and O–H groups in total. The molecule has 2 aromatic carbocycles. The van der Waals surface area contributed by atoms with Gasteiger partial charge in [0.15, 0.2) is 5.78 Å². The van der Waals surface area contributed by atoms with Gasteiger partial charge in [-0.1, -0.05) is 69.8 Å². The van der Waals surface area contributed by atoms with Gasteiger partial charge in [0.25, 0.3) is 0 Å². The van der Waals surface area contributed by atoms with Crippen LogP contribution in [0.2, 0.25) is 0 Å². The second-order valence-electron chi connectivity index (χ2n) is 11.3. The Labute approximate surface area is 200 Å². The minimum Gasteiger partial charge on any atom is -0.299 e. The Bertz CT molecular complexity index is 1190. The first-order valence-corrected chi connectivity index (χ1v) is 12.6. The maximum atomic E-state index is 13.5. The second-order valence-corrected chi connectivity index (χ2v) is 12.5. The summed E-state index contributed by atoms with van der Waals surface area (Å²) in [4.78, 5) is 34.3. The van der Waals surface area contributed by atoms with Crippen molar-refractivity contribution in [1.29, 1.82) is 0 Å². The molecule has 5 rings (SSSR count). The highest BCUT2D eigenvalue weighted by molar-refractivity contribution is 7.99. The molecule has 4 heteroatoms. The van der Waals surface area contributed by atoms with Crippen LogP contribution in [0.3, 0.4) is 0 Å². The lowest BCUT2D eigenvalue weighted by Crippen LogP contribution is -2.45. The number of hydrogen-bond acceptors (Lipinski definition) is 4. The lowest BCUT2D eigenvalue weighted by atomic mass is 9.60. The molecule has 0 spiro atoms. The monoisotopic (exact) mass is 457 g/mol. The molecule has 1 aliphatic heterocycles. The van der Waals surface area contributed by atoms with Crippen LogP contribution >= 0.6 is 11.8 Å². The van der Waals surface area contributed by atoms with Crippen LogP contribution in [-0.2, 0) is 9.59 Å². The predicted molar refractivity (Wildman–Crippen MR) is 134 cm³/mol. The van der Waals surface area contributed by atoms with Gasteiger partial charge in [0, 0.05) is 45.5 Å². The average molecular weight is 458 g/mol. The van der Waals surface area contributed by atoms with Crippen LogP contribution in [0.1, 0.15) is 64.9 Å². The highest BCUT2D eigenvalue weighted by Crippen LogP contribution is 2.51. The molecule has 170 valence electrons. The molecule has 1 saturated carbocycles. The summed E-state index contributed by atoms with van der Waals surface area (Å²) < 4.78 is 0. The summed E-state index contributed by atoms with van der Waals surface area (Å²) in [5.74, 6) is -0.164. The molecule has 2 unspecified atom stereocenters. The standard InChI is InChI=1S/C29H31NO2S/c1-28(2)14-21-26(23(31)16-28)25(27-22(30-21)15-29(3,4)17-24(27)32)18-9-8-12-20(13-18)33-19-10-6-5-7-11-19/h5-13,25-26H,14-17H2,1-4H3. The van der Waals surface area contributed by atoms with Crippen LogP contribution in [0.15, 0.2) is 80.7 Å². The number of benzene rings is 2. The topological polar surface area (TPSA) is 46.5 Å². The zero-order valence-corrected chi connectivity index (χ0v) is 20.7. The van der Waals surface area contributed by atoms with Gasteiger partial charge >= 0.3 is 0 Å². The van der Waals surface area contributed by atoms with Crippen molar-refractivity contribution < 1.29 is 9.59 Å². The van der Waals surface area contributed by atoms with Crippen LogP contribution in [0.25, 0.3) is 0 Å². The van der Waals surface area contributed by atoms with Crippen LogP contribution in [0.4, 0.5) is 0 Å². The van der Waals surface area contributed by atoms with E-state index in [0.717, 1.165) is 40.3 Å². The van der Waals surface area contributed by atoms with Crippen molar-refractivity contribution in [2.45, 2.75) is 69.1 Å². The third-order valence-corrected chi connectivity index (χ3v) is 8.03. The molecule has 2 aromatic rings. The van der Waals surface area contributed by atoms with Crippen molar-refractivity contribution in [2.75, 3.05) is 0 Å². The molecule has 0 aromatic heterocycles. The fourth-order valence-corrected chi connectivity index (χ4v) is 6.67. The van der Waals surface area contributed by atoms with Crippen molar-refractivity contribution in [1.82, 2.24) is 0 Å². The third kappa shape index (κ3) is 4.38. The number of nitrogens with zero attached hydrogens (tertiary/aromatic N) is 1. The predicted octanol–water partition coefficient (Wildman–Crippen LogP) is 7.02. The van der Waals surface area contributed by atoms with E-state index in [1.54, 1.807) is 11.8 Å². The van der Waals surface area contributed by atoms with Gasteiger partial charge in [-0.25, -0.2) is 0 Å². The Morgan fingerprint density at radius 1 is 0.788 bits per heavy atom. The number of carbonyl (C=O) groups is 2. The molecule has 1 fully saturated rings. The Morgan fingerprint density at radius 3 is 2.24 bits per heavy atom. The highest BCUT2D eigenvalue weighted by Gasteiger charge is 2.49. The summed E-state index contributed by atoms with van der Waals surface area (Å²) in [5, 5.41) is 0. The zero-order valence-electron chi connectivity index (χ0n) is 19.9. The van der Waals surface area contributed by atoms with E-state index in [1.807, 2.05) is 18.2 Å². The van der Waals surface area contributed by atoms with Gasteiger partial charge in [0.2, 0.25) is 0 Å². The molecule has 3 nitrogen and oxygen atoms in total. The van der Waals surface area contributed by atoms with Crippen molar-refractivity contribution in [3.8, 4) is 0 Å². The Balaban J connectivity index is 1.61. The Hall–Kier alpha value is -2.46. The van der Waals surface area contributed by atoms with E-state index < -0.39 is 0 Å². The molecule has 0 radical (unpaired) electrons. The average Bonchev–Trinajstić information content (AvgIpc) is 2.71. The third-order valence-electron chi connectivity index (χ3n) is 7.03. The minimum atomic E-state index is -0.320. The molecular formula is C29H31NO2S. The quantitative estimate of drug-likeness (QED) is 0.497. The molecular weight excluding hydrogens is 426 g/mol. The molecule has 0 saturated heterocycles. The van der Waals surface area contributed by atoms with Crippen LogP contribution in [0.5, 0.6) is 0 Å².